The molecule has 0 radical (unpaired) electrons. The van der Waals surface area contributed by atoms with E-state index in [0.717, 1.165) is 10.4 Å². The highest BCUT2D eigenvalue weighted by atomic mass is 35.5. The van der Waals surface area contributed by atoms with Crippen molar-refractivity contribution in [1.29, 1.82) is 0 Å². The summed E-state index contributed by atoms with van der Waals surface area (Å²) in [5.41, 5.74) is 3.55. The maximum Gasteiger partial charge on any atom is 0.142 e. The maximum atomic E-state index is 13.5. The van der Waals surface area contributed by atoms with E-state index in [1.54, 1.807) is 28.7 Å². The van der Waals surface area contributed by atoms with Crippen LogP contribution < -0.4 is 11.3 Å². The van der Waals surface area contributed by atoms with E-state index in [2.05, 4.69) is 22.9 Å². The standard InChI is InChI=1S/C14H12ClFN2S2/c15-14-8(2-1-3-9(14)16)6-10(18-17)12-7-13-11(20-12)4-5-19-13/h1-5,7,10,18H,6,17H2. The predicted octanol–water partition coefficient (Wildman–Crippen LogP) is 4.50. The van der Waals surface area contributed by atoms with E-state index in [9.17, 15) is 4.39 Å². The Kier molecular flexibility index (Phi) is 4.05. The summed E-state index contributed by atoms with van der Waals surface area (Å²) in [6.45, 7) is 0. The number of fused-ring (bicyclic) bond motifs is 1. The fourth-order valence-electron chi connectivity index (χ4n) is 2.12. The molecule has 3 N–H and O–H groups in total. The third-order valence-electron chi connectivity index (χ3n) is 3.16. The van der Waals surface area contributed by atoms with E-state index >= 15 is 0 Å². The van der Waals surface area contributed by atoms with Crippen LogP contribution >= 0.6 is 34.3 Å². The summed E-state index contributed by atoms with van der Waals surface area (Å²) in [4.78, 5) is 1.13. The Balaban J connectivity index is 1.90. The number of halogens is 2. The Morgan fingerprint density at radius 3 is 2.90 bits per heavy atom. The quantitative estimate of drug-likeness (QED) is 0.547. The number of thiophene rings is 2. The van der Waals surface area contributed by atoms with Gasteiger partial charge in [-0.1, -0.05) is 23.7 Å². The Morgan fingerprint density at radius 1 is 1.30 bits per heavy atom. The van der Waals surface area contributed by atoms with Crippen LogP contribution in [0.2, 0.25) is 5.02 Å². The molecule has 0 aliphatic rings. The van der Waals surface area contributed by atoms with E-state index in [-0.39, 0.29) is 11.1 Å². The minimum atomic E-state index is -0.396. The zero-order valence-electron chi connectivity index (χ0n) is 10.4. The van der Waals surface area contributed by atoms with E-state index in [0.29, 0.717) is 6.42 Å². The molecule has 20 heavy (non-hydrogen) atoms. The average Bonchev–Trinajstić information content (AvgIpc) is 3.01. The molecule has 1 aromatic carbocycles. The van der Waals surface area contributed by atoms with Crippen molar-refractivity contribution in [2.24, 2.45) is 5.84 Å². The normalized spacial score (nSPS) is 12.9. The van der Waals surface area contributed by atoms with Crippen LogP contribution in [0.15, 0.2) is 35.7 Å². The molecule has 0 fully saturated rings. The third-order valence-corrected chi connectivity index (χ3v) is 5.79. The highest BCUT2D eigenvalue weighted by Crippen LogP contribution is 2.35. The predicted molar refractivity (Wildman–Crippen MR) is 84.9 cm³/mol. The van der Waals surface area contributed by atoms with Crippen LogP contribution in [0.3, 0.4) is 0 Å². The van der Waals surface area contributed by atoms with E-state index < -0.39 is 5.82 Å². The first-order valence-corrected chi connectivity index (χ1v) is 8.12. The van der Waals surface area contributed by atoms with Crippen LogP contribution in [0.1, 0.15) is 16.5 Å². The zero-order valence-corrected chi connectivity index (χ0v) is 12.8. The fourth-order valence-corrected chi connectivity index (χ4v) is 4.51. The van der Waals surface area contributed by atoms with E-state index in [1.807, 2.05) is 6.07 Å². The second-order valence-electron chi connectivity index (χ2n) is 4.43. The zero-order chi connectivity index (χ0) is 14.1. The molecule has 0 bridgehead atoms. The first-order valence-electron chi connectivity index (χ1n) is 6.05. The van der Waals surface area contributed by atoms with Crippen LogP contribution in [0.25, 0.3) is 9.40 Å². The number of hydrogen-bond donors (Lipinski definition) is 2. The van der Waals surface area contributed by atoms with Gasteiger partial charge in [-0.3, -0.25) is 11.3 Å². The molecule has 2 aromatic heterocycles. The molecule has 2 nitrogen and oxygen atoms in total. The van der Waals surface area contributed by atoms with Gasteiger partial charge in [0.15, 0.2) is 0 Å². The second kappa shape index (κ2) is 5.79. The Labute approximate surface area is 129 Å². The molecule has 0 aliphatic heterocycles. The van der Waals surface area contributed by atoms with Crippen LogP contribution in [-0.2, 0) is 6.42 Å². The molecule has 2 heterocycles. The summed E-state index contributed by atoms with van der Waals surface area (Å²) in [5.74, 6) is 5.26. The van der Waals surface area contributed by atoms with Crippen molar-refractivity contribution in [3.8, 4) is 0 Å². The minimum Gasteiger partial charge on any atom is -0.271 e. The first kappa shape index (κ1) is 14.0. The summed E-state index contributed by atoms with van der Waals surface area (Å²) in [7, 11) is 0. The van der Waals surface area contributed by atoms with Crippen LogP contribution in [-0.4, -0.2) is 0 Å². The lowest BCUT2D eigenvalue weighted by Crippen LogP contribution is -2.29. The molecule has 0 saturated carbocycles. The van der Waals surface area contributed by atoms with Gasteiger partial charge < -0.3 is 0 Å². The average molecular weight is 327 g/mol. The van der Waals surface area contributed by atoms with Gasteiger partial charge in [0.25, 0.3) is 0 Å². The highest BCUT2D eigenvalue weighted by Gasteiger charge is 2.17. The molecule has 6 heteroatoms. The van der Waals surface area contributed by atoms with Crippen molar-refractivity contribution >= 4 is 43.7 Å². The number of nitrogens with two attached hydrogens (primary N) is 1. The van der Waals surface area contributed by atoms with Gasteiger partial charge in [-0.15, -0.1) is 22.7 Å². The molecule has 104 valence electrons. The fraction of sp³-hybridized carbons (Fsp3) is 0.143. The molecule has 0 aliphatic carbocycles. The summed E-state index contributed by atoms with van der Waals surface area (Å²) in [6, 6.07) is 9.00. The minimum absolute atomic E-state index is 0.0705. The smallest absolute Gasteiger partial charge is 0.142 e. The van der Waals surface area contributed by atoms with Crippen molar-refractivity contribution in [1.82, 2.24) is 5.43 Å². The van der Waals surface area contributed by atoms with Crippen molar-refractivity contribution in [3.05, 3.63) is 57.0 Å². The molecule has 3 rings (SSSR count). The van der Waals surface area contributed by atoms with Crippen molar-refractivity contribution in [3.63, 3.8) is 0 Å². The molecular weight excluding hydrogens is 315 g/mol. The number of rotatable bonds is 4. The molecule has 0 amide bonds. The highest BCUT2D eigenvalue weighted by molar-refractivity contribution is 7.26. The van der Waals surface area contributed by atoms with Gasteiger partial charge in [0.2, 0.25) is 0 Å². The van der Waals surface area contributed by atoms with Crippen LogP contribution in [0.4, 0.5) is 4.39 Å². The Hall–Kier alpha value is -0.980. The lowest BCUT2D eigenvalue weighted by atomic mass is 10.0. The maximum absolute atomic E-state index is 13.5. The third kappa shape index (κ3) is 2.60. The molecule has 3 aromatic rings. The second-order valence-corrected chi connectivity index (χ2v) is 6.88. The van der Waals surface area contributed by atoms with Gasteiger partial charge in [0.1, 0.15) is 5.82 Å². The topological polar surface area (TPSA) is 38.0 Å². The lowest BCUT2D eigenvalue weighted by Gasteiger charge is -2.15. The van der Waals surface area contributed by atoms with E-state index in [4.69, 9.17) is 17.4 Å². The SMILES string of the molecule is NNC(Cc1cccc(F)c1Cl)c1cc2sccc2s1. The lowest BCUT2D eigenvalue weighted by molar-refractivity contribution is 0.557. The van der Waals surface area contributed by atoms with E-state index in [1.165, 1.54) is 15.5 Å². The first-order chi connectivity index (χ1) is 9.69. The molecule has 1 atom stereocenters. The van der Waals surface area contributed by atoms with Gasteiger partial charge >= 0.3 is 0 Å². The van der Waals surface area contributed by atoms with Gasteiger partial charge in [-0.25, -0.2) is 4.39 Å². The molecule has 0 saturated heterocycles. The number of hydrogen-bond acceptors (Lipinski definition) is 4. The molecule has 1 unspecified atom stereocenters. The Bertz CT molecular complexity index is 709. The van der Waals surface area contributed by atoms with Crippen LogP contribution in [0, 0.1) is 5.82 Å². The van der Waals surface area contributed by atoms with Gasteiger partial charge in [0, 0.05) is 14.3 Å². The summed E-state index contributed by atoms with van der Waals surface area (Å²) in [6.07, 6.45) is 0.556. The van der Waals surface area contributed by atoms with Gasteiger partial charge in [-0.05, 0) is 35.6 Å². The molecule has 0 spiro atoms. The van der Waals surface area contributed by atoms with Gasteiger partial charge in [0.05, 0.1) is 11.1 Å². The summed E-state index contributed by atoms with van der Waals surface area (Å²) in [5, 5.41) is 2.24. The Morgan fingerprint density at radius 2 is 2.15 bits per heavy atom. The largest absolute Gasteiger partial charge is 0.271 e. The summed E-state index contributed by atoms with van der Waals surface area (Å²) >= 11 is 9.40. The van der Waals surface area contributed by atoms with Crippen molar-refractivity contribution in [2.45, 2.75) is 12.5 Å². The number of nitrogens with one attached hydrogen (secondary N) is 1. The van der Waals surface area contributed by atoms with Crippen LogP contribution in [0.5, 0.6) is 0 Å². The number of benzene rings is 1. The monoisotopic (exact) mass is 326 g/mol. The van der Waals surface area contributed by atoms with Crippen molar-refractivity contribution < 1.29 is 4.39 Å². The molecular formula is C14H12ClFN2S2. The summed E-state index contributed by atoms with van der Waals surface area (Å²) < 4.78 is 16.0. The number of hydrazine groups is 1. The van der Waals surface area contributed by atoms with Crippen molar-refractivity contribution in [2.75, 3.05) is 0 Å². The van der Waals surface area contributed by atoms with Gasteiger partial charge in [-0.2, -0.15) is 0 Å².